The largest absolute Gasteiger partial charge is 0.492 e. The molecule has 2 atom stereocenters. The number of hydrogen-bond donors (Lipinski definition) is 2. The lowest BCUT2D eigenvalue weighted by atomic mass is 9.92. The summed E-state index contributed by atoms with van der Waals surface area (Å²) in [5.41, 5.74) is 6.78. The SMILES string of the molecule is CN(CCOc1ccc(CCN)cc1)C1CCCCC1O. The van der Waals surface area contributed by atoms with Crippen molar-refractivity contribution in [1.29, 1.82) is 0 Å². The summed E-state index contributed by atoms with van der Waals surface area (Å²) in [5, 5.41) is 10.0. The van der Waals surface area contributed by atoms with Gasteiger partial charge in [0, 0.05) is 12.6 Å². The Balaban J connectivity index is 1.73. The van der Waals surface area contributed by atoms with E-state index in [0.29, 0.717) is 13.2 Å². The molecule has 118 valence electrons. The second-order valence-corrected chi connectivity index (χ2v) is 5.93. The second-order valence-electron chi connectivity index (χ2n) is 5.93. The quantitative estimate of drug-likeness (QED) is 0.804. The fourth-order valence-corrected chi connectivity index (χ4v) is 3.00. The molecule has 1 aliphatic carbocycles. The first-order valence-electron chi connectivity index (χ1n) is 8.01. The summed E-state index contributed by atoms with van der Waals surface area (Å²) >= 11 is 0. The van der Waals surface area contributed by atoms with Crippen LogP contribution in [0.4, 0.5) is 0 Å². The van der Waals surface area contributed by atoms with E-state index >= 15 is 0 Å². The monoisotopic (exact) mass is 292 g/mol. The molecule has 0 spiro atoms. The molecule has 1 saturated carbocycles. The van der Waals surface area contributed by atoms with Crippen LogP contribution in [-0.4, -0.2) is 48.9 Å². The van der Waals surface area contributed by atoms with Gasteiger partial charge in [0.1, 0.15) is 12.4 Å². The molecule has 1 aromatic carbocycles. The van der Waals surface area contributed by atoms with E-state index in [1.165, 1.54) is 12.0 Å². The topological polar surface area (TPSA) is 58.7 Å². The van der Waals surface area contributed by atoms with Gasteiger partial charge >= 0.3 is 0 Å². The van der Waals surface area contributed by atoms with E-state index < -0.39 is 0 Å². The molecular formula is C17H28N2O2. The van der Waals surface area contributed by atoms with Crippen molar-refractivity contribution in [1.82, 2.24) is 4.90 Å². The van der Waals surface area contributed by atoms with Crippen LogP contribution in [-0.2, 0) is 6.42 Å². The fraction of sp³-hybridized carbons (Fsp3) is 0.647. The third-order valence-electron chi connectivity index (χ3n) is 4.33. The summed E-state index contributed by atoms with van der Waals surface area (Å²) < 4.78 is 5.78. The highest BCUT2D eigenvalue weighted by Crippen LogP contribution is 2.22. The molecule has 0 aromatic heterocycles. The van der Waals surface area contributed by atoms with E-state index in [1.54, 1.807) is 0 Å². The number of ether oxygens (including phenoxy) is 1. The van der Waals surface area contributed by atoms with Crippen LogP contribution >= 0.6 is 0 Å². The van der Waals surface area contributed by atoms with Gasteiger partial charge in [0.25, 0.3) is 0 Å². The maximum Gasteiger partial charge on any atom is 0.119 e. The third kappa shape index (κ3) is 4.99. The van der Waals surface area contributed by atoms with E-state index in [-0.39, 0.29) is 12.1 Å². The molecule has 2 rings (SSSR count). The molecule has 4 nitrogen and oxygen atoms in total. The first kappa shape index (κ1) is 16.3. The van der Waals surface area contributed by atoms with Gasteiger partial charge in [-0.15, -0.1) is 0 Å². The third-order valence-corrected chi connectivity index (χ3v) is 4.33. The first-order chi connectivity index (χ1) is 10.2. The van der Waals surface area contributed by atoms with Crippen LogP contribution in [0.2, 0.25) is 0 Å². The Morgan fingerprint density at radius 3 is 2.62 bits per heavy atom. The first-order valence-corrected chi connectivity index (χ1v) is 8.01. The van der Waals surface area contributed by atoms with Crippen LogP contribution in [0.5, 0.6) is 5.75 Å². The predicted molar refractivity (Wildman–Crippen MR) is 85.6 cm³/mol. The van der Waals surface area contributed by atoms with Crippen molar-refractivity contribution in [2.24, 2.45) is 5.73 Å². The summed E-state index contributed by atoms with van der Waals surface area (Å²) in [6, 6.07) is 8.42. The lowest BCUT2D eigenvalue weighted by Gasteiger charge is -2.35. The lowest BCUT2D eigenvalue weighted by molar-refractivity contribution is 0.0272. The van der Waals surface area contributed by atoms with Crippen LogP contribution in [0, 0.1) is 0 Å². The van der Waals surface area contributed by atoms with Crippen molar-refractivity contribution in [3.8, 4) is 5.75 Å². The number of rotatable bonds is 7. The van der Waals surface area contributed by atoms with Gasteiger partial charge in [-0.1, -0.05) is 25.0 Å². The Hall–Kier alpha value is -1.10. The smallest absolute Gasteiger partial charge is 0.119 e. The fourth-order valence-electron chi connectivity index (χ4n) is 3.00. The van der Waals surface area contributed by atoms with Crippen LogP contribution in [0.3, 0.4) is 0 Å². The summed E-state index contributed by atoms with van der Waals surface area (Å²) in [5.74, 6) is 0.897. The van der Waals surface area contributed by atoms with Gasteiger partial charge in [-0.05, 0) is 50.6 Å². The molecule has 21 heavy (non-hydrogen) atoms. The average molecular weight is 292 g/mol. The van der Waals surface area contributed by atoms with Gasteiger partial charge in [-0.2, -0.15) is 0 Å². The van der Waals surface area contributed by atoms with Crippen molar-refractivity contribution in [3.63, 3.8) is 0 Å². The predicted octanol–water partition coefficient (Wildman–Crippen LogP) is 1.80. The van der Waals surface area contributed by atoms with Gasteiger partial charge < -0.3 is 15.6 Å². The number of aliphatic hydroxyl groups is 1. The van der Waals surface area contributed by atoms with E-state index in [4.69, 9.17) is 10.5 Å². The molecule has 1 aromatic rings. The molecule has 0 heterocycles. The Morgan fingerprint density at radius 2 is 1.95 bits per heavy atom. The number of benzene rings is 1. The zero-order valence-corrected chi connectivity index (χ0v) is 13.0. The van der Waals surface area contributed by atoms with Gasteiger partial charge in [0.05, 0.1) is 6.10 Å². The minimum atomic E-state index is -0.181. The lowest BCUT2D eigenvalue weighted by Crippen LogP contribution is -2.44. The van der Waals surface area contributed by atoms with Crippen LogP contribution in [0.1, 0.15) is 31.2 Å². The molecule has 2 unspecified atom stereocenters. The summed E-state index contributed by atoms with van der Waals surface area (Å²) in [6.45, 7) is 2.16. The summed E-state index contributed by atoms with van der Waals surface area (Å²) in [6.07, 6.45) is 5.11. The summed E-state index contributed by atoms with van der Waals surface area (Å²) in [4.78, 5) is 2.23. The van der Waals surface area contributed by atoms with Crippen molar-refractivity contribution in [2.45, 2.75) is 44.2 Å². The van der Waals surface area contributed by atoms with E-state index in [9.17, 15) is 5.11 Å². The van der Waals surface area contributed by atoms with Gasteiger partial charge in [0.2, 0.25) is 0 Å². The highest BCUT2D eigenvalue weighted by molar-refractivity contribution is 5.27. The van der Waals surface area contributed by atoms with Crippen molar-refractivity contribution < 1.29 is 9.84 Å². The normalized spacial score (nSPS) is 22.5. The standard InChI is InChI=1S/C17H28N2O2/c1-19(16-4-2-3-5-17(16)20)12-13-21-15-8-6-14(7-9-15)10-11-18/h6-9,16-17,20H,2-5,10-13,18H2,1H3. The highest BCUT2D eigenvalue weighted by atomic mass is 16.5. The van der Waals surface area contributed by atoms with Gasteiger partial charge in [-0.3, -0.25) is 4.90 Å². The maximum absolute atomic E-state index is 10.0. The Bertz CT molecular complexity index is 408. The number of aliphatic hydroxyl groups excluding tert-OH is 1. The zero-order chi connectivity index (χ0) is 15.1. The zero-order valence-electron chi connectivity index (χ0n) is 13.0. The number of nitrogens with two attached hydrogens (primary N) is 1. The minimum Gasteiger partial charge on any atom is -0.492 e. The molecule has 0 bridgehead atoms. The highest BCUT2D eigenvalue weighted by Gasteiger charge is 2.26. The molecule has 0 aliphatic heterocycles. The molecule has 1 fully saturated rings. The van der Waals surface area contributed by atoms with E-state index in [0.717, 1.165) is 38.0 Å². The average Bonchev–Trinajstić information content (AvgIpc) is 2.49. The minimum absolute atomic E-state index is 0.181. The van der Waals surface area contributed by atoms with Gasteiger partial charge in [0.15, 0.2) is 0 Å². The molecule has 3 N–H and O–H groups in total. The van der Waals surface area contributed by atoms with Crippen LogP contribution in [0.25, 0.3) is 0 Å². The van der Waals surface area contributed by atoms with Crippen molar-refractivity contribution in [3.05, 3.63) is 29.8 Å². The maximum atomic E-state index is 10.0. The second kappa shape index (κ2) is 8.37. The van der Waals surface area contributed by atoms with Crippen molar-refractivity contribution >= 4 is 0 Å². The van der Waals surface area contributed by atoms with Crippen LogP contribution in [0.15, 0.2) is 24.3 Å². The van der Waals surface area contributed by atoms with Crippen molar-refractivity contribution in [2.75, 3.05) is 26.7 Å². The molecule has 4 heteroatoms. The molecule has 0 amide bonds. The number of hydrogen-bond acceptors (Lipinski definition) is 4. The Labute approximate surface area is 127 Å². The van der Waals surface area contributed by atoms with Crippen LogP contribution < -0.4 is 10.5 Å². The Kier molecular flexibility index (Phi) is 6.49. The molecule has 0 saturated heterocycles. The van der Waals surface area contributed by atoms with Gasteiger partial charge in [-0.25, -0.2) is 0 Å². The Morgan fingerprint density at radius 1 is 1.24 bits per heavy atom. The number of nitrogens with zero attached hydrogens (tertiary/aromatic N) is 1. The summed E-state index contributed by atoms with van der Waals surface area (Å²) in [7, 11) is 2.08. The van der Waals surface area contributed by atoms with E-state index in [2.05, 4.69) is 24.1 Å². The molecule has 1 aliphatic rings. The van der Waals surface area contributed by atoms with E-state index in [1.807, 2.05) is 12.1 Å². The molecular weight excluding hydrogens is 264 g/mol. The number of likely N-dealkylation sites (N-methyl/N-ethyl adjacent to an activating group) is 1. The molecule has 0 radical (unpaired) electrons.